The van der Waals surface area contributed by atoms with Gasteiger partial charge in [-0.1, -0.05) is 42.5 Å². The van der Waals surface area contributed by atoms with Crippen LogP contribution in [-0.2, 0) is 25.5 Å². The number of ether oxygens (including phenoxy) is 2. The number of halogens is 1. The standard InChI is InChI=1S/C28H24BrNO6/c1-3-36-23(31)15-17-9-12-20(13-10-17)30-25(18-7-5-4-6-8-18)24(27(33)28(30)34)26(32)19-11-14-22(35-2)21(29)16-19/h4-14,16,25,32H,3,15H2,1-2H3/b26-24-. The quantitative estimate of drug-likeness (QED) is 0.189. The number of nitrogens with zero attached hydrogens (tertiary/aromatic N) is 1. The van der Waals surface area contributed by atoms with Crippen molar-refractivity contribution in [3.05, 3.63) is 99.5 Å². The zero-order valence-electron chi connectivity index (χ0n) is 19.7. The summed E-state index contributed by atoms with van der Waals surface area (Å²) in [5.41, 5.74) is 2.20. The van der Waals surface area contributed by atoms with Crippen LogP contribution in [0.1, 0.15) is 29.7 Å². The summed E-state index contributed by atoms with van der Waals surface area (Å²) in [4.78, 5) is 39.7. The molecule has 184 valence electrons. The summed E-state index contributed by atoms with van der Waals surface area (Å²) in [6.45, 7) is 2.04. The molecule has 0 saturated carbocycles. The van der Waals surface area contributed by atoms with Crippen molar-refractivity contribution < 1.29 is 29.0 Å². The highest BCUT2D eigenvalue weighted by molar-refractivity contribution is 9.10. The van der Waals surface area contributed by atoms with Gasteiger partial charge in [-0.3, -0.25) is 19.3 Å². The van der Waals surface area contributed by atoms with E-state index in [0.29, 0.717) is 39.2 Å². The van der Waals surface area contributed by atoms with E-state index in [1.54, 1.807) is 61.5 Å². The Bertz CT molecular complexity index is 1330. The van der Waals surface area contributed by atoms with Crippen molar-refractivity contribution in [3.8, 4) is 5.75 Å². The third kappa shape index (κ3) is 4.90. The maximum absolute atomic E-state index is 13.3. The fourth-order valence-electron chi connectivity index (χ4n) is 4.17. The first kappa shape index (κ1) is 25.2. The van der Waals surface area contributed by atoms with E-state index < -0.39 is 17.7 Å². The molecule has 0 radical (unpaired) electrons. The van der Waals surface area contributed by atoms with E-state index in [2.05, 4.69) is 15.9 Å². The Morgan fingerprint density at radius 1 is 1.03 bits per heavy atom. The average Bonchev–Trinajstić information content (AvgIpc) is 3.15. The summed E-state index contributed by atoms with van der Waals surface area (Å²) in [5, 5.41) is 11.3. The molecule has 1 aliphatic heterocycles. The molecule has 0 spiro atoms. The van der Waals surface area contributed by atoms with E-state index in [9.17, 15) is 19.5 Å². The number of aliphatic hydroxyl groups excluding tert-OH is 1. The van der Waals surface area contributed by atoms with Crippen LogP contribution in [-0.4, -0.2) is 36.5 Å². The van der Waals surface area contributed by atoms with E-state index in [0.717, 1.165) is 0 Å². The summed E-state index contributed by atoms with van der Waals surface area (Å²) in [6, 6.07) is 19.9. The monoisotopic (exact) mass is 549 g/mol. The second-order valence-corrected chi connectivity index (χ2v) is 8.93. The normalized spacial score (nSPS) is 16.8. The first-order valence-electron chi connectivity index (χ1n) is 11.3. The molecule has 1 amide bonds. The second-order valence-electron chi connectivity index (χ2n) is 8.08. The summed E-state index contributed by atoms with van der Waals surface area (Å²) >= 11 is 3.40. The highest BCUT2D eigenvalue weighted by Gasteiger charge is 2.46. The molecule has 1 aliphatic rings. The van der Waals surface area contributed by atoms with Crippen LogP contribution in [0.5, 0.6) is 5.75 Å². The van der Waals surface area contributed by atoms with Gasteiger partial charge < -0.3 is 14.6 Å². The summed E-state index contributed by atoms with van der Waals surface area (Å²) in [7, 11) is 1.53. The van der Waals surface area contributed by atoms with Gasteiger partial charge in [-0.2, -0.15) is 0 Å². The molecule has 4 rings (SSSR count). The fourth-order valence-corrected chi connectivity index (χ4v) is 4.71. The van der Waals surface area contributed by atoms with Crippen molar-refractivity contribution in [3.63, 3.8) is 0 Å². The number of rotatable bonds is 7. The van der Waals surface area contributed by atoms with E-state index in [1.165, 1.54) is 12.0 Å². The van der Waals surface area contributed by atoms with Crippen LogP contribution in [0.15, 0.2) is 82.8 Å². The Balaban J connectivity index is 1.80. The molecule has 3 aromatic carbocycles. The number of carbonyl (C=O) groups is 3. The summed E-state index contributed by atoms with van der Waals surface area (Å²) in [5.74, 6) is -1.61. The number of benzene rings is 3. The number of Topliss-reactive ketones (excluding diaryl/α,β-unsaturated/α-hetero) is 1. The van der Waals surface area contributed by atoms with Gasteiger partial charge >= 0.3 is 5.97 Å². The van der Waals surface area contributed by atoms with Crippen LogP contribution >= 0.6 is 15.9 Å². The molecule has 0 aliphatic carbocycles. The lowest BCUT2D eigenvalue weighted by Crippen LogP contribution is -2.29. The number of carbonyl (C=O) groups excluding carboxylic acids is 3. The zero-order valence-corrected chi connectivity index (χ0v) is 21.3. The molecule has 1 heterocycles. The van der Waals surface area contributed by atoms with Crippen molar-refractivity contribution in [2.75, 3.05) is 18.6 Å². The van der Waals surface area contributed by atoms with Crippen LogP contribution in [0.4, 0.5) is 5.69 Å². The lowest BCUT2D eigenvalue weighted by molar-refractivity contribution is -0.142. The maximum atomic E-state index is 13.3. The molecular weight excluding hydrogens is 526 g/mol. The van der Waals surface area contributed by atoms with Gasteiger partial charge in [0, 0.05) is 11.3 Å². The Morgan fingerprint density at radius 2 is 1.72 bits per heavy atom. The maximum Gasteiger partial charge on any atom is 0.310 e. The van der Waals surface area contributed by atoms with Crippen LogP contribution in [0.25, 0.3) is 5.76 Å². The predicted molar refractivity (Wildman–Crippen MR) is 139 cm³/mol. The smallest absolute Gasteiger partial charge is 0.310 e. The molecule has 8 heteroatoms. The SMILES string of the molecule is CCOC(=O)Cc1ccc(N2C(=O)C(=O)/C(=C(\O)c3ccc(OC)c(Br)c3)C2c2ccccc2)cc1. The van der Waals surface area contributed by atoms with Crippen LogP contribution in [0.2, 0.25) is 0 Å². The van der Waals surface area contributed by atoms with Crippen LogP contribution in [0.3, 0.4) is 0 Å². The number of anilines is 1. The molecule has 36 heavy (non-hydrogen) atoms. The topological polar surface area (TPSA) is 93.1 Å². The van der Waals surface area contributed by atoms with E-state index in [1.807, 2.05) is 18.2 Å². The van der Waals surface area contributed by atoms with Crippen molar-refractivity contribution in [1.29, 1.82) is 0 Å². The number of esters is 1. The minimum atomic E-state index is -0.844. The third-order valence-electron chi connectivity index (χ3n) is 5.85. The Kier molecular flexibility index (Phi) is 7.55. The van der Waals surface area contributed by atoms with Gasteiger partial charge in [0.15, 0.2) is 0 Å². The average molecular weight is 550 g/mol. The van der Waals surface area contributed by atoms with Crippen LogP contribution < -0.4 is 9.64 Å². The van der Waals surface area contributed by atoms with Gasteiger partial charge in [0.1, 0.15) is 11.5 Å². The van der Waals surface area contributed by atoms with Gasteiger partial charge in [0.25, 0.3) is 11.7 Å². The van der Waals surface area contributed by atoms with Crippen molar-refractivity contribution in [1.82, 2.24) is 0 Å². The van der Waals surface area contributed by atoms with Gasteiger partial charge in [0.05, 0.1) is 36.2 Å². The number of amides is 1. The number of aliphatic hydroxyl groups is 1. The molecule has 0 aromatic heterocycles. The third-order valence-corrected chi connectivity index (χ3v) is 6.47. The molecule has 0 bridgehead atoms. The molecule has 1 fully saturated rings. The molecule has 1 atom stereocenters. The van der Waals surface area contributed by atoms with Crippen molar-refractivity contribution in [2.24, 2.45) is 0 Å². The minimum Gasteiger partial charge on any atom is -0.507 e. The lowest BCUT2D eigenvalue weighted by Gasteiger charge is -2.25. The van der Waals surface area contributed by atoms with Gasteiger partial charge in [-0.15, -0.1) is 0 Å². The number of ketones is 1. The summed E-state index contributed by atoms with van der Waals surface area (Å²) < 4.78 is 10.8. The first-order valence-corrected chi connectivity index (χ1v) is 12.1. The Hall–Kier alpha value is -3.91. The molecule has 3 aromatic rings. The highest BCUT2D eigenvalue weighted by atomic mass is 79.9. The number of hydrogen-bond acceptors (Lipinski definition) is 6. The largest absolute Gasteiger partial charge is 0.507 e. The molecule has 1 N–H and O–H groups in total. The summed E-state index contributed by atoms with van der Waals surface area (Å²) in [6.07, 6.45) is 0.0986. The van der Waals surface area contributed by atoms with Crippen LogP contribution in [0, 0.1) is 0 Å². The van der Waals surface area contributed by atoms with E-state index in [-0.39, 0.29) is 23.7 Å². The van der Waals surface area contributed by atoms with Gasteiger partial charge in [-0.05, 0) is 64.3 Å². The molecule has 7 nitrogen and oxygen atoms in total. The molecular formula is C28H24BrNO6. The highest BCUT2D eigenvalue weighted by Crippen LogP contribution is 2.42. The predicted octanol–water partition coefficient (Wildman–Crippen LogP) is 5.19. The van der Waals surface area contributed by atoms with Gasteiger partial charge in [0.2, 0.25) is 0 Å². The lowest BCUT2D eigenvalue weighted by atomic mass is 9.95. The number of methoxy groups -OCH3 is 1. The Morgan fingerprint density at radius 3 is 2.33 bits per heavy atom. The van der Waals surface area contributed by atoms with E-state index in [4.69, 9.17) is 9.47 Å². The van der Waals surface area contributed by atoms with Gasteiger partial charge in [-0.25, -0.2) is 0 Å². The number of hydrogen-bond donors (Lipinski definition) is 1. The Labute approximate surface area is 217 Å². The molecule has 1 saturated heterocycles. The van der Waals surface area contributed by atoms with Crippen molar-refractivity contribution >= 4 is 45.0 Å². The van der Waals surface area contributed by atoms with Crippen molar-refractivity contribution in [2.45, 2.75) is 19.4 Å². The second kappa shape index (κ2) is 10.8. The minimum absolute atomic E-state index is 0.0149. The fraction of sp³-hybridized carbons (Fsp3) is 0.179. The zero-order chi connectivity index (χ0) is 25.8. The van der Waals surface area contributed by atoms with E-state index >= 15 is 0 Å². The first-order chi connectivity index (χ1) is 17.3. The molecule has 1 unspecified atom stereocenters.